The lowest BCUT2D eigenvalue weighted by Gasteiger charge is -2.30. The lowest BCUT2D eigenvalue weighted by Crippen LogP contribution is -2.32. The molecule has 0 saturated carbocycles. The van der Waals surface area contributed by atoms with Gasteiger partial charge in [-0.3, -0.25) is 5.10 Å². The Hall–Kier alpha value is -3.75. The smallest absolute Gasteiger partial charge is 0.336 e. The summed E-state index contributed by atoms with van der Waals surface area (Å²) < 4.78 is 16.6. The van der Waals surface area contributed by atoms with Crippen LogP contribution in [0.15, 0.2) is 77.3 Å². The van der Waals surface area contributed by atoms with Crippen molar-refractivity contribution in [3.63, 3.8) is 0 Å². The van der Waals surface area contributed by atoms with Crippen molar-refractivity contribution in [2.45, 2.75) is 45.4 Å². The van der Waals surface area contributed by atoms with Crippen molar-refractivity contribution >= 4 is 35.1 Å². The number of methoxy groups -OCH3 is 1. The van der Waals surface area contributed by atoms with E-state index in [1.807, 2.05) is 36.5 Å². The number of benzene rings is 2. The minimum absolute atomic E-state index is 0.236. The number of hydrogen-bond donors (Lipinski definition) is 2. The van der Waals surface area contributed by atoms with Gasteiger partial charge in [0.25, 0.3) is 0 Å². The van der Waals surface area contributed by atoms with Crippen LogP contribution in [-0.2, 0) is 19.1 Å². The van der Waals surface area contributed by atoms with E-state index in [9.17, 15) is 9.59 Å². The fraction of sp³-hybridized carbons (Fsp3) is 0.323. The number of dihydropyridines is 1. The topological polar surface area (TPSA) is 103 Å². The van der Waals surface area contributed by atoms with Crippen LogP contribution in [0.3, 0.4) is 0 Å². The number of rotatable bonds is 12. The van der Waals surface area contributed by atoms with Gasteiger partial charge < -0.3 is 19.5 Å². The number of aromatic amines is 1. The fourth-order valence-electron chi connectivity index (χ4n) is 4.88. The van der Waals surface area contributed by atoms with E-state index >= 15 is 0 Å². The second kappa shape index (κ2) is 14.2. The molecule has 3 aromatic rings. The maximum absolute atomic E-state index is 13.4. The van der Waals surface area contributed by atoms with Crippen molar-refractivity contribution in [3.8, 4) is 17.0 Å². The van der Waals surface area contributed by atoms with Crippen molar-refractivity contribution in [1.29, 1.82) is 0 Å². The number of H-pyrrole nitrogens is 1. The number of halogens is 2. The summed E-state index contributed by atoms with van der Waals surface area (Å²) >= 11 is 12.8. The molecule has 2 N–H and O–H groups in total. The van der Waals surface area contributed by atoms with Crippen LogP contribution in [-0.4, -0.2) is 42.5 Å². The van der Waals surface area contributed by atoms with E-state index in [1.165, 1.54) is 7.11 Å². The molecule has 8 nitrogen and oxygen atoms in total. The van der Waals surface area contributed by atoms with Gasteiger partial charge in [0.1, 0.15) is 0 Å². The van der Waals surface area contributed by atoms with Crippen LogP contribution in [0.1, 0.15) is 51.0 Å². The van der Waals surface area contributed by atoms with Gasteiger partial charge in [0.15, 0.2) is 0 Å². The number of ether oxygens (including phenoxy) is 3. The van der Waals surface area contributed by atoms with Gasteiger partial charge in [-0.1, -0.05) is 65.7 Å². The van der Waals surface area contributed by atoms with E-state index in [0.717, 1.165) is 30.4 Å². The minimum atomic E-state index is -0.789. The van der Waals surface area contributed by atoms with Crippen LogP contribution in [0, 0.1) is 0 Å². The Morgan fingerprint density at radius 2 is 1.56 bits per heavy atom. The molecule has 1 aliphatic heterocycles. The lowest BCUT2D eigenvalue weighted by molar-refractivity contribution is -0.139. The first kappa shape index (κ1) is 30.2. The third kappa shape index (κ3) is 7.13. The van der Waals surface area contributed by atoms with Crippen LogP contribution in [0.2, 0.25) is 10.0 Å². The van der Waals surface area contributed by atoms with E-state index in [0.29, 0.717) is 46.5 Å². The number of nitrogens with one attached hydrogen (secondary N) is 2. The summed E-state index contributed by atoms with van der Waals surface area (Å²) in [6.45, 7) is 4.29. The van der Waals surface area contributed by atoms with E-state index in [1.54, 1.807) is 32.0 Å². The summed E-state index contributed by atoms with van der Waals surface area (Å²) in [7, 11) is 1.30. The number of aromatic nitrogens is 2. The number of carbonyl (C=O) groups is 2. The second-order valence-corrected chi connectivity index (χ2v) is 10.4. The Morgan fingerprint density at radius 1 is 0.878 bits per heavy atom. The van der Waals surface area contributed by atoms with Crippen molar-refractivity contribution in [3.05, 3.63) is 92.9 Å². The Morgan fingerprint density at radius 3 is 2.27 bits per heavy atom. The number of nitrogens with zero attached hydrogens (tertiary/aromatic N) is 1. The highest BCUT2D eigenvalue weighted by Crippen LogP contribution is 2.43. The molecule has 0 saturated heterocycles. The van der Waals surface area contributed by atoms with Gasteiger partial charge in [0, 0.05) is 17.6 Å². The molecule has 2 aromatic carbocycles. The van der Waals surface area contributed by atoms with Crippen LogP contribution in [0.25, 0.3) is 11.1 Å². The van der Waals surface area contributed by atoms with E-state index in [4.69, 9.17) is 37.4 Å². The van der Waals surface area contributed by atoms with E-state index in [-0.39, 0.29) is 17.2 Å². The number of hydrogen-bond acceptors (Lipinski definition) is 7. The van der Waals surface area contributed by atoms with Gasteiger partial charge in [-0.25, -0.2) is 9.59 Å². The third-order valence-electron chi connectivity index (χ3n) is 6.88. The average Bonchev–Trinajstić information content (AvgIpc) is 3.44. The predicted molar refractivity (Wildman–Crippen MR) is 159 cm³/mol. The Balaban J connectivity index is 1.31. The molecule has 0 bridgehead atoms. The van der Waals surface area contributed by atoms with Gasteiger partial charge in [0.05, 0.1) is 53.0 Å². The first-order chi connectivity index (χ1) is 19.8. The number of unbranched alkanes of at least 4 members (excludes halogenated alkanes) is 3. The van der Waals surface area contributed by atoms with Crippen LogP contribution in [0.4, 0.5) is 0 Å². The molecular weight excluding hydrogens is 565 g/mol. The standard InChI is InChI=1S/C31H33Cl2N3O5/c1-19-25(30(37)39-3)27(22-14-11-15-24(32)28(22)33)26(20(2)35-19)31(38)41-17-10-5-4-9-16-40-29-23(18-34-36-29)21-12-7-6-8-13-21/h6-8,11-15,18,27,35H,4-5,9-10,16-17H2,1-3H3,(H,34,36). The van der Waals surface area contributed by atoms with Gasteiger partial charge in [-0.05, 0) is 56.7 Å². The lowest BCUT2D eigenvalue weighted by atomic mass is 9.80. The molecule has 1 aromatic heterocycles. The molecule has 0 radical (unpaired) electrons. The third-order valence-corrected chi connectivity index (χ3v) is 7.71. The molecule has 1 unspecified atom stereocenters. The van der Waals surface area contributed by atoms with Gasteiger partial charge in [-0.15, -0.1) is 5.10 Å². The molecule has 10 heteroatoms. The zero-order valence-electron chi connectivity index (χ0n) is 23.3. The molecule has 0 amide bonds. The second-order valence-electron chi connectivity index (χ2n) is 9.64. The highest BCUT2D eigenvalue weighted by Gasteiger charge is 2.39. The van der Waals surface area contributed by atoms with Gasteiger partial charge in [0.2, 0.25) is 5.88 Å². The Labute approximate surface area is 249 Å². The van der Waals surface area contributed by atoms with Crippen molar-refractivity contribution in [2.75, 3.05) is 20.3 Å². The predicted octanol–water partition coefficient (Wildman–Crippen LogP) is 6.97. The summed E-state index contributed by atoms with van der Waals surface area (Å²) in [5.41, 5.74) is 4.21. The molecule has 0 spiro atoms. The summed E-state index contributed by atoms with van der Waals surface area (Å²) in [6, 6.07) is 15.1. The molecular formula is C31H33Cl2N3O5. The van der Waals surface area contributed by atoms with Gasteiger partial charge in [-0.2, -0.15) is 0 Å². The molecule has 4 rings (SSSR count). The maximum atomic E-state index is 13.4. The molecule has 0 aliphatic carbocycles. The molecule has 1 atom stereocenters. The van der Waals surface area contributed by atoms with Crippen LogP contribution >= 0.6 is 23.2 Å². The molecule has 216 valence electrons. The zero-order valence-corrected chi connectivity index (χ0v) is 24.8. The highest BCUT2D eigenvalue weighted by atomic mass is 35.5. The summed E-state index contributed by atoms with van der Waals surface area (Å²) in [4.78, 5) is 26.2. The van der Waals surface area contributed by atoms with Crippen molar-refractivity contribution < 1.29 is 23.8 Å². The highest BCUT2D eigenvalue weighted by molar-refractivity contribution is 6.42. The number of esters is 2. The zero-order chi connectivity index (χ0) is 29.4. The van der Waals surface area contributed by atoms with Crippen LogP contribution < -0.4 is 10.1 Å². The monoisotopic (exact) mass is 597 g/mol. The summed E-state index contributed by atoms with van der Waals surface area (Å²) in [5, 5.41) is 10.8. The molecule has 1 aliphatic rings. The SMILES string of the molecule is COC(=O)C1=C(C)NC(C)=C(C(=O)OCCCCCCOc2n[nH]cc2-c2ccccc2)C1c1cccc(Cl)c1Cl. The summed E-state index contributed by atoms with van der Waals surface area (Å²) in [6.07, 6.45) is 5.11. The van der Waals surface area contributed by atoms with Crippen molar-refractivity contribution in [2.24, 2.45) is 0 Å². The number of carbonyl (C=O) groups excluding carboxylic acids is 2. The average molecular weight is 599 g/mol. The fourth-order valence-corrected chi connectivity index (χ4v) is 5.30. The normalized spacial score (nSPS) is 15.0. The summed E-state index contributed by atoms with van der Waals surface area (Å²) in [5.74, 6) is -1.30. The Bertz CT molecular complexity index is 1450. The quantitative estimate of drug-likeness (QED) is 0.171. The first-order valence-electron chi connectivity index (χ1n) is 13.4. The minimum Gasteiger partial charge on any atom is -0.476 e. The van der Waals surface area contributed by atoms with Gasteiger partial charge >= 0.3 is 11.9 Å². The Kier molecular flexibility index (Phi) is 10.5. The van der Waals surface area contributed by atoms with Crippen molar-refractivity contribution in [1.82, 2.24) is 15.5 Å². The first-order valence-corrected chi connectivity index (χ1v) is 14.2. The van der Waals surface area contributed by atoms with Crippen LogP contribution in [0.5, 0.6) is 5.88 Å². The molecule has 41 heavy (non-hydrogen) atoms. The van der Waals surface area contributed by atoms with E-state index in [2.05, 4.69) is 15.5 Å². The number of allylic oxidation sites excluding steroid dienone is 2. The van der Waals surface area contributed by atoms with E-state index < -0.39 is 17.9 Å². The molecule has 2 heterocycles. The maximum Gasteiger partial charge on any atom is 0.336 e. The largest absolute Gasteiger partial charge is 0.476 e. The molecule has 0 fully saturated rings.